The van der Waals surface area contributed by atoms with E-state index < -0.39 is 0 Å². The Morgan fingerprint density at radius 3 is 2.58 bits per heavy atom. The summed E-state index contributed by atoms with van der Waals surface area (Å²) in [6.07, 6.45) is 1.69. The quantitative estimate of drug-likeness (QED) is 0.721. The number of furan rings is 1. The van der Waals surface area contributed by atoms with Gasteiger partial charge in [0, 0.05) is 11.4 Å². The molecule has 0 radical (unpaired) electrons. The van der Waals surface area contributed by atoms with Crippen molar-refractivity contribution < 1.29 is 4.42 Å². The summed E-state index contributed by atoms with van der Waals surface area (Å²) in [5.74, 6) is 0.931. The maximum absolute atomic E-state index is 5.84. The van der Waals surface area contributed by atoms with Gasteiger partial charge in [-0.3, -0.25) is 0 Å². The molecule has 1 unspecified atom stereocenters. The second-order valence-electron chi connectivity index (χ2n) is 4.37. The highest BCUT2D eigenvalue weighted by atomic mass is 32.2. The van der Waals surface area contributed by atoms with Gasteiger partial charge in [0.15, 0.2) is 0 Å². The third kappa shape index (κ3) is 2.67. The van der Waals surface area contributed by atoms with Crippen LogP contribution < -0.4 is 5.73 Å². The van der Waals surface area contributed by atoms with E-state index in [0.717, 1.165) is 5.76 Å². The van der Waals surface area contributed by atoms with Gasteiger partial charge in [0.2, 0.25) is 0 Å². The molecule has 0 aliphatic heterocycles. The molecule has 0 aliphatic rings. The number of thioether (sulfide) groups is 1. The van der Waals surface area contributed by atoms with Crippen LogP contribution in [0.25, 0.3) is 10.8 Å². The average molecular weight is 269 g/mol. The fourth-order valence-electron chi connectivity index (χ4n) is 2.10. The second-order valence-corrected chi connectivity index (χ2v) is 5.64. The van der Waals surface area contributed by atoms with Crippen molar-refractivity contribution in [2.45, 2.75) is 10.1 Å². The molecule has 0 aliphatic carbocycles. The van der Waals surface area contributed by atoms with E-state index in [2.05, 4.69) is 42.5 Å². The fourth-order valence-corrected chi connectivity index (χ4v) is 3.12. The summed E-state index contributed by atoms with van der Waals surface area (Å²) >= 11 is 1.74. The van der Waals surface area contributed by atoms with Crippen LogP contribution in [0.5, 0.6) is 0 Å². The Kier molecular flexibility index (Phi) is 3.58. The molecular weight excluding hydrogens is 254 g/mol. The van der Waals surface area contributed by atoms with E-state index in [1.165, 1.54) is 15.7 Å². The van der Waals surface area contributed by atoms with Gasteiger partial charge in [0.1, 0.15) is 5.76 Å². The first kappa shape index (κ1) is 12.3. The van der Waals surface area contributed by atoms with Crippen molar-refractivity contribution in [1.29, 1.82) is 0 Å². The minimum atomic E-state index is 0.163. The molecular formula is C16H15NOS. The monoisotopic (exact) mass is 269 g/mol. The smallest absolute Gasteiger partial charge is 0.118 e. The molecule has 0 amide bonds. The molecule has 0 saturated carbocycles. The Balaban J connectivity index is 1.88. The molecule has 1 atom stereocenters. The highest BCUT2D eigenvalue weighted by Gasteiger charge is 2.14. The fraction of sp³-hybridized carbons (Fsp3) is 0.125. The Hall–Kier alpha value is -1.71. The zero-order valence-corrected chi connectivity index (χ0v) is 11.3. The molecule has 3 heteroatoms. The summed E-state index contributed by atoms with van der Waals surface area (Å²) in [6.45, 7) is 0.561. The number of fused-ring (bicyclic) bond motifs is 1. The highest BCUT2D eigenvalue weighted by molar-refractivity contribution is 7.99. The summed E-state index contributed by atoms with van der Waals surface area (Å²) in [7, 11) is 0. The Bertz CT molecular complexity index is 663. The van der Waals surface area contributed by atoms with Crippen molar-refractivity contribution in [3.8, 4) is 0 Å². The van der Waals surface area contributed by atoms with Crippen LogP contribution in [-0.2, 0) is 0 Å². The molecule has 0 spiro atoms. The molecule has 19 heavy (non-hydrogen) atoms. The predicted molar refractivity (Wildman–Crippen MR) is 80.3 cm³/mol. The maximum Gasteiger partial charge on any atom is 0.118 e. The molecule has 1 aromatic heterocycles. The van der Waals surface area contributed by atoms with Gasteiger partial charge in [0.25, 0.3) is 0 Å². The zero-order valence-electron chi connectivity index (χ0n) is 10.5. The van der Waals surface area contributed by atoms with Crippen molar-refractivity contribution in [3.05, 3.63) is 66.6 Å². The van der Waals surface area contributed by atoms with Crippen LogP contribution in [0, 0.1) is 0 Å². The molecule has 0 saturated heterocycles. The third-order valence-corrected chi connectivity index (χ3v) is 4.31. The SMILES string of the molecule is NCC(Sc1ccc2ccccc2c1)c1ccco1. The number of rotatable bonds is 4. The number of nitrogens with two attached hydrogens (primary N) is 1. The normalized spacial score (nSPS) is 12.7. The molecule has 2 N–H and O–H groups in total. The first-order valence-electron chi connectivity index (χ1n) is 6.26. The zero-order chi connectivity index (χ0) is 13.1. The summed E-state index contributed by atoms with van der Waals surface area (Å²) in [5, 5.41) is 2.67. The Morgan fingerprint density at radius 1 is 1.00 bits per heavy atom. The van der Waals surface area contributed by atoms with E-state index in [1.54, 1.807) is 18.0 Å². The summed E-state index contributed by atoms with van der Waals surface area (Å²) in [4.78, 5) is 1.21. The topological polar surface area (TPSA) is 39.2 Å². The largest absolute Gasteiger partial charge is 0.468 e. The Morgan fingerprint density at radius 2 is 1.84 bits per heavy atom. The summed E-state index contributed by atoms with van der Waals surface area (Å²) in [5.41, 5.74) is 5.84. The van der Waals surface area contributed by atoms with Gasteiger partial charge in [-0.2, -0.15) is 0 Å². The van der Waals surface area contributed by atoms with Crippen LogP contribution in [-0.4, -0.2) is 6.54 Å². The molecule has 1 heterocycles. The van der Waals surface area contributed by atoms with Gasteiger partial charge >= 0.3 is 0 Å². The van der Waals surface area contributed by atoms with E-state index in [9.17, 15) is 0 Å². The lowest BCUT2D eigenvalue weighted by Crippen LogP contribution is -2.08. The van der Waals surface area contributed by atoms with Crippen molar-refractivity contribution in [2.24, 2.45) is 5.73 Å². The van der Waals surface area contributed by atoms with E-state index in [1.807, 2.05) is 12.1 Å². The van der Waals surface area contributed by atoms with Gasteiger partial charge < -0.3 is 10.2 Å². The van der Waals surface area contributed by atoms with E-state index >= 15 is 0 Å². The lowest BCUT2D eigenvalue weighted by Gasteiger charge is -2.12. The van der Waals surface area contributed by atoms with Crippen LogP contribution >= 0.6 is 11.8 Å². The minimum absolute atomic E-state index is 0.163. The molecule has 96 valence electrons. The molecule has 0 fully saturated rings. The van der Waals surface area contributed by atoms with E-state index in [-0.39, 0.29) is 5.25 Å². The first-order chi connectivity index (χ1) is 9.36. The van der Waals surface area contributed by atoms with Gasteiger partial charge in [-0.05, 0) is 35.0 Å². The second kappa shape index (κ2) is 5.51. The lowest BCUT2D eigenvalue weighted by molar-refractivity contribution is 0.507. The number of hydrogen-bond donors (Lipinski definition) is 1. The van der Waals surface area contributed by atoms with Crippen LogP contribution in [0.1, 0.15) is 11.0 Å². The Labute approximate surface area is 116 Å². The van der Waals surface area contributed by atoms with Gasteiger partial charge in [-0.1, -0.05) is 30.3 Å². The van der Waals surface area contributed by atoms with Gasteiger partial charge in [-0.25, -0.2) is 0 Å². The van der Waals surface area contributed by atoms with Crippen LogP contribution in [0.2, 0.25) is 0 Å². The highest BCUT2D eigenvalue weighted by Crippen LogP contribution is 2.35. The maximum atomic E-state index is 5.84. The van der Waals surface area contributed by atoms with Crippen molar-refractivity contribution in [2.75, 3.05) is 6.54 Å². The summed E-state index contributed by atoms with van der Waals surface area (Å²) < 4.78 is 5.45. The first-order valence-corrected chi connectivity index (χ1v) is 7.14. The standard InChI is InChI=1S/C16H15NOS/c17-11-16(15-6-3-9-18-15)19-14-8-7-12-4-1-2-5-13(12)10-14/h1-10,16H,11,17H2. The number of hydrogen-bond acceptors (Lipinski definition) is 3. The minimum Gasteiger partial charge on any atom is -0.468 e. The van der Waals surface area contributed by atoms with Gasteiger partial charge in [0.05, 0.1) is 11.5 Å². The van der Waals surface area contributed by atoms with Gasteiger partial charge in [-0.15, -0.1) is 11.8 Å². The molecule has 0 bridgehead atoms. The third-order valence-electron chi connectivity index (χ3n) is 3.07. The lowest BCUT2D eigenvalue weighted by atomic mass is 10.1. The molecule has 2 nitrogen and oxygen atoms in total. The van der Waals surface area contributed by atoms with Crippen molar-refractivity contribution in [3.63, 3.8) is 0 Å². The van der Waals surface area contributed by atoms with E-state index in [0.29, 0.717) is 6.54 Å². The molecule has 3 aromatic rings. The van der Waals surface area contributed by atoms with Crippen molar-refractivity contribution >= 4 is 22.5 Å². The van der Waals surface area contributed by atoms with Crippen molar-refractivity contribution in [1.82, 2.24) is 0 Å². The average Bonchev–Trinajstić information content (AvgIpc) is 2.98. The number of benzene rings is 2. The van der Waals surface area contributed by atoms with Crippen LogP contribution in [0.4, 0.5) is 0 Å². The molecule has 2 aromatic carbocycles. The molecule has 3 rings (SSSR count). The van der Waals surface area contributed by atoms with E-state index in [4.69, 9.17) is 10.2 Å². The summed E-state index contributed by atoms with van der Waals surface area (Å²) in [6, 6.07) is 18.7. The predicted octanol–water partition coefficient (Wildman–Crippen LogP) is 4.22. The van der Waals surface area contributed by atoms with Crippen LogP contribution in [0.15, 0.2) is 70.2 Å². The van der Waals surface area contributed by atoms with Crippen LogP contribution in [0.3, 0.4) is 0 Å².